The van der Waals surface area contributed by atoms with E-state index >= 15 is 0 Å². The van der Waals surface area contributed by atoms with Gasteiger partial charge in [-0.25, -0.2) is 0 Å². The minimum atomic E-state index is -0.355. The van der Waals surface area contributed by atoms with Gasteiger partial charge in [0.15, 0.2) is 5.78 Å². The quantitative estimate of drug-likeness (QED) is 0.681. The molecule has 75 valence electrons. The Morgan fingerprint density at radius 1 is 1.79 bits per heavy atom. The van der Waals surface area contributed by atoms with Gasteiger partial charge in [0.2, 0.25) is 0 Å². The molecule has 0 saturated heterocycles. The molecule has 1 atom stereocenters. The monoisotopic (exact) mass is 212 g/mol. The molecule has 1 unspecified atom stereocenters. The first kappa shape index (κ1) is 11.3. The normalized spacial score (nSPS) is 20.6. The largest absolute Gasteiger partial charge is 0.450 e. The lowest BCUT2D eigenvalue weighted by Crippen LogP contribution is -2.34. The molecule has 1 aliphatic rings. The standard InChI is InChI=1S/C9H12BClNO2/c1-2-3-9(13)8-4-7(11)6(10-14)5-12-8/h4-5,8,12,14H,2-3H2,1H3. The van der Waals surface area contributed by atoms with Crippen LogP contribution in [0, 0.1) is 0 Å². The van der Waals surface area contributed by atoms with E-state index < -0.39 is 0 Å². The van der Waals surface area contributed by atoms with Gasteiger partial charge in [0.25, 0.3) is 0 Å². The molecule has 1 aliphatic heterocycles. The third kappa shape index (κ3) is 2.62. The van der Waals surface area contributed by atoms with Gasteiger partial charge in [0, 0.05) is 11.5 Å². The molecule has 0 saturated carbocycles. The van der Waals surface area contributed by atoms with Gasteiger partial charge in [-0.15, -0.1) is 0 Å². The molecule has 0 aromatic rings. The number of carbonyl (C=O) groups excluding carboxylic acids is 1. The highest BCUT2D eigenvalue weighted by Crippen LogP contribution is 2.18. The molecule has 0 aromatic carbocycles. The van der Waals surface area contributed by atoms with Gasteiger partial charge >= 0.3 is 7.48 Å². The fraction of sp³-hybridized carbons (Fsp3) is 0.444. The average molecular weight is 212 g/mol. The molecule has 0 aliphatic carbocycles. The number of rotatable bonds is 4. The number of hydrogen-bond acceptors (Lipinski definition) is 3. The number of ketones is 1. The lowest BCUT2D eigenvalue weighted by Gasteiger charge is -2.18. The summed E-state index contributed by atoms with van der Waals surface area (Å²) in [6.07, 6.45) is 4.51. The molecular formula is C9H12BClNO2. The van der Waals surface area contributed by atoms with Gasteiger partial charge in [-0.3, -0.25) is 4.79 Å². The van der Waals surface area contributed by atoms with Crippen LogP contribution in [0.15, 0.2) is 22.8 Å². The van der Waals surface area contributed by atoms with Crippen LogP contribution in [0.3, 0.4) is 0 Å². The van der Waals surface area contributed by atoms with Crippen molar-refractivity contribution in [3.8, 4) is 0 Å². The predicted octanol–water partition coefficient (Wildman–Crippen LogP) is 0.903. The SMILES string of the molecule is CCCC(=O)C1C=C(Cl)C([B]O)=CN1. The Morgan fingerprint density at radius 3 is 3.00 bits per heavy atom. The zero-order valence-corrected chi connectivity index (χ0v) is 8.71. The molecule has 0 bridgehead atoms. The Kier molecular flexibility index (Phi) is 4.23. The van der Waals surface area contributed by atoms with E-state index in [9.17, 15) is 4.79 Å². The van der Waals surface area contributed by atoms with Crippen LogP contribution in [0.4, 0.5) is 0 Å². The van der Waals surface area contributed by atoms with Gasteiger partial charge in [-0.2, -0.15) is 0 Å². The molecule has 5 heteroatoms. The molecule has 14 heavy (non-hydrogen) atoms. The zero-order chi connectivity index (χ0) is 10.6. The van der Waals surface area contributed by atoms with Crippen LogP contribution in [0.5, 0.6) is 0 Å². The Bertz CT molecular complexity index is 289. The highest BCUT2D eigenvalue weighted by molar-refractivity contribution is 6.47. The van der Waals surface area contributed by atoms with E-state index in [0.717, 1.165) is 13.9 Å². The Balaban J connectivity index is 2.64. The van der Waals surface area contributed by atoms with Crippen LogP contribution < -0.4 is 5.32 Å². The van der Waals surface area contributed by atoms with E-state index in [-0.39, 0.29) is 11.8 Å². The van der Waals surface area contributed by atoms with E-state index in [1.165, 1.54) is 0 Å². The number of halogens is 1. The fourth-order valence-electron chi connectivity index (χ4n) is 1.23. The summed E-state index contributed by atoms with van der Waals surface area (Å²) in [5.74, 6) is 0.110. The maximum absolute atomic E-state index is 11.5. The molecule has 1 rings (SSSR count). The number of hydrogen-bond donors (Lipinski definition) is 2. The molecule has 3 nitrogen and oxygen atoms in total. The first-order valence-electron chi connectivity index (χ1n) is 4.53. The second-order valence-corrected chi connectivity index (χ2v) is 3.51. The maximum atomic E-state index is 11.5. The summed E-state index contributed by atoms with van der Waals surface area (Å²) in [5, 5.41) is 12.0. The van der Waals surface area contributed by atoms with Gasteiger partial charge in [-0.1, -0.05) is 18.5 Å². The number of nitrogens with one attached hydrogen (secondary N) is 1. The number of carbonyl (C=O) groups is 1. The van der Waals surface area contributed by atoms with Crippen molar-refractivity contribution in [3.63, 3.8) is 0 Å². The number of Topliss-reactive ketones (excluding diaryl/α,β-unsaturated/α-hetero) is 1. The maximum Gasteiger partial charge on any atom is 0.329 e. The molecule has 0 spiro atoms. The van der Waals surface area contributed by atoms with Crippen molar-refractivity contribution < 1.29 is 9.82 Å². The first-order valence-corrected chi connectivity index (χ1v) is 4.91. The lowest BCUT2D eigenvalue weighted by molar-refractivity contribution is -0.119. The van der Waals surface area contributed by atoms with E-state index in [1.807, 2.05) is 6.92 Å². The van der Waals surface area contributed by atoms with E-state index in [4.69, 9.17) is 16.6 Å². The summed E-state index contributed by atoms with van der Waals surface area (Å²) >= 11 is 5.83. The highest BCUT2D eigenvalue weighted by Gasteiger charge is 2.19. The lowest BCUT2D eigenvalue weighted by atomic mass is 9.86. The second kappa shape index (κ2) is 5.22. The predicted molar refractivity (Wildman–Crippen MR) is 56.8 cm³/mol. The van der Waals surface area contributed by atoms with Crippen molar-refractivity contribution in [1.29, 1.82) is 0 Å². The van der Waals surface area contributed by atoms with Crippen molar-refractivity contribution in [2.45, 2.75) is 25.8 Å². The van der Waals surface area contributed by atoms with Gasteiger partial charge in [0.1, 0.15) is 6.04 Å². The Labute approximate surface area is 89.1 Å². The summed E-state index contributed by atoms with van der Waals surface area (Å²) < 4.78 is 0. The summed E-state index contributed by atoms with van der Waals surface area (Å²) in [6.45, 7) is 1.95. The van der Waals surface area contributed by atoms with Crippen LogP contribution in [0.2, 0.25) is 0 Å². The topological polar surface area (TPSA) is 49.3 Å². The van der Waals surface area contributed by atoms with Crippen LogP contribution in [-0.4, -0.2) is 24.3 Å². The van der Waals surface area contributed by atoms with E-state index in [1.54, 1.807) is 12.3 Å². The van der Waals surface area contributed by atoms with Crippen molar-refractivity contribution in [2.24, 2.45) is 0 Å². The number of allylic oxidation sites excluding steroid dienone is 2. The van der Waals surface area contributed by atoms with Crippen molar-refractivity contribution >= 4 is 24.9 Å². The third-order valence-electron chi connectivity index (χ3n) is 1.99. The third-order valence-corrected chi connectivity index (χ3v) is 2.33. The van der Waals surface area contributed by atoms with Crippen LogP contribution in [0.25, 0.3) is 0 Å². The average Bonchev–Trinajstić information content (AvgIpc) is 2.18. The Hall–Kier alpha value is -0.735. The van der Waals surface area contributed by atoms with E-state index in [2.05, 4.69) is 5.32 Å². The minimum Gasteiger partial charge on any atom is -0.450 e. The summed E-state index contributed by atoms with van der Waals surface area (Å²) in [6, 6.07) is -0.355. The smallest absolute Gasteiger partial charge is 0.329 e. The minimum absolute atomic E-state index is 0.110. The first-order chi connectivity index (χ1) is 6.69. The zero-order valence-electron chi connectivity index (χ0n) is 7.96. The van der Waals surface area contributed by atoms with Gasteiger partial charge < -0.3 is 10.3 Å². The number of dihydropyridines is 1. The Morgan fingerprint density at radius 2 is 2.50 bits per heavy atom. The van der Waals surface area contributed by atoms with Crippen LogP contribution >= 0.6 is 11.6 Å². The highest BCUT2D eigenvalue weighted by atomic mass is 35.5. The fourth-order valence-corrected chi connectivity index (χ4v) is 1.46. The van der Waals surface area contributed by atoms with Crippen LogP contribution in [0.1, 0.15) is 19.8 Å². The van der Waals surface area contributed by atoms with E-state index in [0.29, 0.717) is 16.9 Å². The van der Waals surface area contributed by atoms with Crippen molar-refractivity contribution in [2.75, 3.05) is 0 Å². The molecule has 0 aromatic heterocycles. The molecule has 1 heterocycles. The molecular weight excluding hydrogens is 200 g/mol. The summed E-state index contributed by atoms with van der Waals surface area (Å²) in [4.78, 5) is 11.5. The van der Waals surface area contributed by atoms with Gasteiger partial charge in [0.05, 0.1) is 0 Å². The van der Waals surface area contributed by atoms with Gasteiger partial charge in [-0.05, 0) is 24.2 Å². The van der Waals surface area contributed by atoms with Crippen molar-refractivity contribution in [1.82, 2.24) is 5.32 Å². The van der Waals surface area contributed by atoms with Crippen LogP contribution in [-0.2, 0) is 4.79 Å². The molecule has 2 N–H and O–H groups in total. The molecule has 0 amide bonds. The summed E-state index contributed by atoms with van der Waals surface area (Å²) in [5.41, 5.74) is 0.493. The summed E-state index contributed by atoms with van der Waals surface area (Å²) in [7, 11) is 0.909. The second-order valence-electron chi connectivity index (χ2n) is 3.10. The van der Waals surface area contributed by atoms with Crippen molar-refractivity contribution in [3.05, 3.63) is 22.8 Å². The molecule has 0 fully saturated rings. The molecule has 1 radical (unpaired) electrons.